The molecule has 0 saturated carbocycles. The van der Waals surface area contributed by atoms with Gasteiger partial charge >= 0.3 is 11.9 Å². The molecular formula is C20H24ClNO4. The number of aromatic amines is 1. The van der Waals surface area contributed by atoms with Crippen molar-refractivity contribution >= 4 is 34.4 Å². The third-order valence-electron chi connectivity index (χ3n) is 5.37. The van der Waals surface area contributed by atoms with Gasteiger partial charge in [-0.3, -0.25) is 9.59 Å². The number of aromatic nitrogens is 1. The van der Waals surface area contributed by atoms with E-state index in [9.17, 15) is 9.59 Å². The normalized spacial score (nSPS) is 17.0. The lowest BCUT2D eigenvalue weighted by atomic mass is 9.69. The number of carbonyl (C=O) groups is 2. The monoisotopic (exact) mass is 377 g/mol. The molecule has 26 heavy (non-hydrogen) atoms. The van der Waals surface area contributed by atoms with Gasteiger partial charge in [-0.15, -0.1) is 0 Å². The van der Waals surface area contributed by atoms with E-state index in [0.717, 1.165) is 23.0 Å². The number of halogens is 1. The van der Waals surface area contributed by atoms with E-state index in [0.29, 0.717) is 17.9 Å². The van der Waals surface area contributed by atoms with Gasteiger partial charge < -0.3 is 14.5 Å². The molecule has 2 aromatic rings. The first-order valence-corrected chi connectivity index (χ1v) is 9.43. The minimum absolute atomic E-state index is 0.184. The van der Waals surface area contributed by atoms with Crippen LogP contribution in [0.3, 0.4) is 0 Å². The predicted octanol–water partition coefficient (Wildman–Crippen LogP) is 4.06. The molecule has 0 bridgehead atoms. The summed E-state index contributed by atoms with van der Waals surface area (Å²) in [5.74, 6) is -1.20. The zero-order valence-corrected chi connectivity index (χ0v) is 16.1. The Morgan fingerprint density at radius 1 is 1.23 bits per heavy atom. The smallest absolute Gasteiger partial charge is 0.323 e. The molecule has 1 aliphatic carbocycles. The number of hydrogen-bond donors (Lipinski definition) is 1. The van der Waals surface area contributed by atoms with E-state index >= 15 is 0 Å². The molecule has 0 fully saturated rings. The summed E-state index contributed by atoms with van der Waals surface area (Å²) in [6.07, 6.45) is 2.07. The van der Waals surface area contributed by atoms with E-state index in [1.807, 2.05) is 18.2 Å². The van der Waals surface area contributed by atoms with Gasteiger partial charge in [-0.2, -0.15) is 0 Å². The lowest BCUT2D eigenvalue weighted by Crippen LogP contribution is -2.47. The van der Waals surface area contributed by atoms with E-state index in [4.69, 9.17) is 21.1 Å². The van der Waals surface area contributed by atoms with Gasteiger partial charge in [0.05, 0.1) is 13.2 Å². The Balaban J connectivity index is 1.96. The molecule has 3 rings (SSSR count). The van der Waals surface area contributed by atoms with Gasteiger partial charge in [0.25, 0.3) is 0 Å². The zero-order chi connectivity index (χ0) is 18.9. The highest BCUT2D eigenvalue weighted by Gasteiger charge is 2.51. The molecule has 5 nitrogen and oxygen atoms in total. The second-order valence-electron chi connectivity index (χ2n) is 6.86. The van der Waals surface area contributed by atoms with Crippen molar-refractivity contribution in [3.05, 3.63) is 34.5 Å². The number of aryl methyl sites for hydroxylation is 1. The minimum atomic E-state index is -1.31. The standard InChI is InChI=1S/C20H24ClNO4/c1-4-25-18(23)20(3,19(24)26-5-2)12-6-8-14-15-11-13(21)7-9-16(15)22-17(14)10-12/h7,9,11-12,22H,4-6,8,10H2,1-3H3/t12-/m0/s1. The van der Waals surface area contributed by atoms with Gasteiger partial charge in [0.2, 0.25) is 0 Å². The maximum absolute atomic E-state index is 12.7. The summed E-state index contributed by atoms with van der Waals surface area (Å²) in [6, 6.07) is 5.77. The van der Waals surface area contributed by atoms with Crippen LogP contribution in [-0.4, -0.2) is 30.1 Å². The third kappa shape index (κ3) is 3.09. The molecule has 0 aliphatic heterocycles. The van der Waals surface area contributed by atoms with Gasteiger partial charge in [0.15, 0.2) is 5.41 Å². The van der Waals surface area contributed by atoms with E-state index in [1.54, 1.807) is 20.8 Å². The quantitative estimate of drug-likeness (QED) is 0.630. The molecule has 140 valence electrons. The SMILES string of the molecule is CCOC(=O)C(C)(C(=O)OCC)[C@H]1CCc2c([nH]c3ccc(Cl)cc23)C1. The van der Waals surface area contributed by atoms with Crippen molar-refractivity contribution in [2.24, 2.45) is 11.3 Å². The molecule has 1 N–H and O–H groups in total. The molecule has 0 spiro atoms. The highest BCUT2D eigenvalue weighted by molar-refractivity contribution is 6.31. The molecule has 1 heterocycles. The van der Waals surface area contributed by atoms with E-state index < -0.39 is 17.4 Å². The second kappa shape index (κ2) is 7.31. The first-order valence-electron chi connectivity index (χ1n) is 9.05. The van der Waals surface area contributed by atoms with Gasteiger partial charge in [0.1, 0.15) is 0 Å². The maximum Gasteiger partial charge on any atom is 0.323 e. The highest BCUT2D eigenvalue weighted by atomic mass is 35.5. The highest BCUT2D eigenvalue weighted by Crippen LogP contribution is 2.42. The summed E-state index contributed by atoms with van der Waals surface area (Å²) < 4.78 is 10.4. The number of nitrogens with one attached hydrogen (secondary N) is 1. The Morgan fingerprint density at radius 3 is 2.50 bits per heavy atom. The molecule has 1 atom stereocenters. The van der Waals surface area contributed by atoms with Crippen molar-refractivity contribution in [1.82, 2.24) is 4.98 Å². The van der Waals surface area contributed by atoms with Crippen molar-refractivity contribution in [1.29, 1.82) is 0 Å². The van der Waals surface area contributed by atoms with Crippen LogP contribution < -0.4 is 0 Å². The average Bonchev–Trinajstić information content (AvgIpc) is 2.98. The molecule has 1 aromatic carbocycles. The van der Waals surface area contributed by atoms with Crippen LogP contribution in [0.25, 0.3) is 10.9 Å². The first-order chi connectivity index (χ1) is 12.4. The van der Waals surface area contributed by atoms with E-state index in [1.165, 1.54) is 5.56 Å². The molecule has 1 aliphatic rings. The number of H-pyrrole nitrogens is 1. The van der Waals surface area contributed by atoms with Gasteiger partial charge in [-0.05, 0) is 69.7 Å². The number of esters is 2. The van der Waals surface area contributed by atoms with Crippen LogP contribution in [0.4, 0.5) is 0 Å². The van der Waals surface area contributed by atoms with Crippen molar-refractivity contribution in [3.8, 4) is 0 Å². The molecule has 6 heteroatoms. The molecule has 0 radical (unpaired) electrons. The molecule has 1 aromatic heterocycles. The van der Waals surface area contributed by atoms with Crippen LogP contribution in [0.15, 0.2) is 18.2 Å². The summed E-state index contributed by atoms with van der Waals surface area (Å²) >= 11 is 6.14. The average molecular weight is 378 g/mol. The number of benzene rings is 1. The topological polar surface area (TPSA) is 68.4 Å². The molecule has 0 saturated heterocycles. The zero-order valence-electron chi connectivity index (χ0n) is 15.4. The predicted molar refractivity (Wildman–Crippen MR) is 100 cm³/mol. The van der Waals surface area contributed by atoms with Crippen LogP contribution in [0.5, 0.6) is 0 Å². The Kier molecular flexibility index (Phi) is 5.28. The summed E-state index contributed by atoms with van der Waals surface area (Å²) in [7, 11) is 0. The number of fused-ring (bicyclic) bond motifs is 3. The van der Waals surface area contributed by atoms with E-state index in [2.05, 4.69) is 4.98 Å². The van der Waals surface area contributed by atoms with Gasteiger partial charge in [-0.1, -0.05) is 11.6 Å². The van der Waals surface area contributed by atoms with E-state index in [-0.39, 0.29) is 19.1 Å². The number of rotatable bonds is 5. The van der Waals surface area contributed by atoms with Crippen LogP contribution in [-0.2, 0) is 31.9 Å². The van der Waals surface area contributed by atoms with Crippen molar-refractivity contribution in [2.45, 2.75) is 40.0 Å². The summed E-state index contributed by atoms with van der Waals surface area (Å²) in [5, 5.41) is 1.81. The third-order valence-corrected chi connectivity index (χ3v) is 5.60. The van der Waals surface area contributed by atoms with Crippen LogP contribution >= 0.6 is 11.6 Å². The summed E-state index contributed by atoms with van der Waals surface area (Å²) in [6.45, 7) is 5.60. The fourth-order valence-electron chi connectivity index (χ4n) is 3.87. The van der Waals surface area contributed by atoms with Gasteiger partial charge in [-0.25, -0.2) is 0 Å². The fraction of sp³-hybridized carbons (Fsp3) is 0.500. The van der Waals surface area contributed by atoms with Crippen LogP contribution in [0, 0.1) is 11.3 Å². The Bertz CT molecular complexity index is 824. The Morgan fingerprint density at radius 2 is 1.88 bits per heavy atom. The minimum Gasteiger partial charge on any atom is -0.465 e. The van der Waals surface area contributed by atoms with Crippen molar-refractivity contribution in [2.75, 3.05) is 13.2 Å². The molecule has 0 amide bonds. The van der Waals surface area contributed by atoms with Crippen LogP contribution in [0.1, 0.15) is 38.4 Å². The molecular weight excluding hydrogens is 354 g/mol. The van der Waals surface area contributed by atoms with Crippen molar-refractivity contribution < 1.29 is 19.1 Å². The molecule has 0 unspecified atom stereocenters. The summed E-state index contributed by atoms with van der Waals surface area (Å²) in [5.41, 5.74) is 1.99. The number of ether oxygens (including phenoxy) is 2. The lowest BCUT2D eigenvalue weighted by Gasteiger charge is -2.35. The second-order valence-corrected chi connectivity index (χ2v) is 7.29. The number of hydrogen-bond acceptors (Lipinski definition) is 4. The Hall–Kier alpha value is -2.01. The van der Waals surface area contributed by atoms with Gasteiger partial charge in [0, 0.05) is 21.6 Å². The Labute approximate surface area is 158 Å². The van der Waals surface area contributed by atoms with Crippen LogP contribution in [0.2, 0.25) is 5.02 Å². The van der Waals surface area contributed by atoms with Crippen molar-refractivity contribution in [3.63, 3.8) is 0 Å². The fourth-order valence-corrected chi connectivity index (χ4v) is 4.05. The maximum atomic E-state index is 12.7. The first kappa shape index (κ1) is 18.8. The largest absolute Gasteiger partial charge is 0.465 e. The number of carbonyl (C=O) groups excluding carboxylic acids is 2. The lowest BCUT2D eigenvalue weighted by molar-refractivity contribution is -0.175. The summed E-state index contributed by atoms with van der Waals surface area (Å²) in [4.78, 5) is 28.7.